The zero-order valence-electron chi connectivity index (χ0n) is 27.6. The van der Waals surface area contributed by atoms with E-state index in [2.05, 4.69) is 40.2 Å². The number of nitrogens with one attached hydrogen (secondary N) is 1. The van der Waals surface area contributed by atoms with Crippen LogP contribution in [-0.4, -0.2) is 78.1 Å². The molecular weight excluding hydrogens is 613 g/mol. The number of hydrogen-bond acceptors (Lipinski definition) is 10. The normalized spacial score (nSPS) is 18.2. The molecule has 7 rings (SSSR count). The smallest absolute Gasteiger partial charge is 0.412 e. The van der Waals surface area contributed by atoms with Crippen molar-refractivity contribution in [3.63, 3.8) is 0 Å². The van der Waals surface area contributed by atoms with Crippen LogP contribution in [0.1, 0.15) is 64.0 Å². The highest BCUT2D eigenvalue weighted by Crippen LogP contribution is 2.44. The lowest BCUT2D eigenvalue weighted by molar-refractivity contribution is 0.0636. The molecule has 47 heavy (non-hydrogen) atoms. The summed E-state index contributed by atoms with van der Waals surface area (Å²) in [6.07, 6.45) is 5.05. The number of benzene rings is 2. The summed E-state index contributed by atoms with van der Waals surface area (Å²) in [6, 6.07) is 12.9. The third kappa shape index (κ3) is 6.10. The SMILES string of the molecule is Cc1c(-c2cccc3sc(NC(=O)OC(C)(C)C)c(C#N)c23)ccc2c(N3CCCOCC3)nc(OCC34CCCN3CCC4)nc12. The van der Waals surface area contributed by atoms with Gasteiger partial charge in [-0.2, -0.15) is 15.2 Å². The molecule has 1 N–H and O–H groups in total. The highest BCUT2D eigenvalue weighted by Gasteiger charge is 2.45. The number of carbonyl (C=O) groups is 1. The van der Waals surface area contributed by atoms with E-state index in [-0.39, 0.29) is 5.54 Å². The van der Waals surface area contributed by atoms with Gasteiger partial charge in [-0.15, -0.1) is 11.3 Å². The van der Waals surface area contributed by atoms with E-state index in [9.17, 15) is 10.1 Å². The zero-order valence-corrected chi connectivity index (χ0v) is 28.5. The fourth-order valence-corrected chi connectivity index (χ4v) is 8.54. The quantitative estimate of drug-likeness (QED) is 0.229. The maximum atomic E-state index is 12.7. The van der Waals surface area contributed by atoms with Gasteiger partial charge in [0.2, 0.25) is 0 Å². The molecule has 3 aliphatic rings. The Labute approximate surface area is 279 Å². The van der Waals surface area contributed by atoms with Crippen LogP contribution in [0, 0.1) is 18.3 Å². The Morgan fingerprint density at radius 1 is 1.06 bits per heavy atom. The molecule has 10 nitrogen and oxygen atoms in total. The zero-order chi connectivity index (χ0) is 32.8. The Balaban J connectivity index is 1.32. The van der Waals surface area contributed by atoms with Gasteiger partial charge in [-0.05, 0) is 102 Å². The second-order valence-electron chi connectivity index (χ2n) is 13.8. The molecule has 0 atom stereocenters. The predicted molar refractivity (Wildman–Crippen MR) is 186 cm³/mol. The lowest BCUT2D eigenvalue weighted by Crippen LogP contribution is -2.43. The van der Waals surface area contributed by atoms with Gasteiger partial charge >= 0.3 is 12.1 Å². The minimum atomic E-state index is -0.655. The van der Waals surface area contributed by atoms with Gasteiger partial charge in [-0.3, -0.25) is 10.2 Å². The van der Waals surface area contributed by atoms with Crippen molar-refractivity contribution < 1.29 is 19.0 Å². The van der Waals surface area contributed by atoms with Crippen molar-refractivity contribution in [3.05, 3.63) is 41.5 Å². The standard InChI is InChI=1S/C36H42N6O4S/c1-23-24(25-9-5-10-28-29(25)27(21-37)32(47-28)40-34(43)46-35(2,3)4)11-12-26-30(23)38-33(39-31(26)41-15-8-19-44-20-18-41)45-22-36-13-6-16-42(36)17-7-14-36/h5,9-12H,6-8,13-20,22H2,1-4H3,(H,40,43). The van der Waals surface area contributed by atoms with E-state index in [0.717, 1.165) is 95.5 Å². The number of nitriles is 1. The molecule has 0 aliphatic carbocycles. The van der Waals surface area contributed by atoms with Crippen molar-refractivity contribution in [2.75, 3.05) is 56.2 Å². The summed E-state index contributed by atoms with van der Waals surface area (Å²) in [5.74, 6) is 0.868. The molecule has 2 aromatic carbocycles. The Morgan fingerprint density at radius 3 is 2.64 bits per heavy atom. The second kappa shape index (κ2) is 12.6. The van der Waals surface area contributed by atoms with E-state index in [0.29, 0.717) is 29.8 Å². The third-order valence-electron chi connectivity index (χ3n) is 9.62. The maximum Gasteiger partial charge on any atom is 0.412 e. The lowest BCUT2D eigenvalue weighted by Gasteiger charge is -2.31. The minimum Gasteiger partial charge on any atom is -0.461 e. The van der Waals surface area contributed by atoms with Gasteiger partial charge < -0.3 is 19.1 Å². The fourth-order valence-electron chi connectivity index (χ4n) is 7.48. The second-order valence-corrected chi connectivity index (χ2v) is 14.9. The molecule has 4 aromatic rings. The number of rotatable bonds is 6. The van der Waals surface area contributed by atoms with E-state index in [1.54, 1.807) is 0 Å². The van der Waals surface area contributed by atoms with E-state index >= 15 is 0 Å². The van der Waals surface area contributed by atoms with E-state index in [1.165, 1.54) is 24.2 Å². The fraction of sp³-hybridized carbons (Fsp3) is 0.500. The van der Waals surface area contributed by atoms with Crippen molar-refractivity contribution in [3.8, 4) is 23.2 Å². The molecule has 0 spiro atoms. The van der Waals surface area contributed by atoms with E-state index < -0.39 is 11.7 Å². The van der Waals surface area contributed by atoms with Crippen LogP contribution in [0.25, 0.3) is 32.1 Å². The number of thiophene rings is 1. The molecule has 1 amide bonds. The Morgan fingerprint density at radius 2 is 1.87 bits per heavy atom. The molecule has 3 aliphatic heterocycles. The van der Waals surface area contributed by atoms with Crippen LogP contribution in [0.5, 0.6) is 6.01 Å². The summed E-state index contributed by atoms with van der Waals surface area (Å²) in [6.45, 7) is 13.4. The summed E-state index contributed by atoms with van der Waals surface area (Å²) in [5, 5.41) is 15.4. The first kappa shape index (κ1) is 31.6. The number of ether oxygens (including phenoxy) is 3. The van der Waals surface area contributed by atoms with Crippen LogP contribution >= 0.6 is 11.3 Å². The first-order chi connectivity index (χ1) is 22.7. The average molecular weight is 655 g/mol. The van der Waals surface area contributed by atoms with E-state index in [4.69, 9.17) is 24.2 Å². The van der Waals surface area contributed by atoms with Crippen molar-refractivity contribution in [2.45, 2.75) is 70.9 Å². The molecule has 0 bridgehead atoms. The molecule has 246 valence electrons. The predicted octanol–water partition coefficient (Wildman–Crippen LogP) is 7.27. The topological polar surface area (TPSA) is 113 Å². The Hall–Kier alpha value is -3.98. The summed E-state index contributed by atoms with van der Waals surface area (Å²) >= 11 is 1.37. The van der Waals surface area contributed by atoms with Gasteiger partial charge in [0, 0.05) is 35.2 Å². The number of fused-ring (bicyclic) bond motifs is 3. The highest BCUT2D eigenvalue weighted by atomic mass is 32.1. The number of hydrogen-bond donors (Lipinski definition) is 1. The van der Waals surface area contributed by atoms with Crippen molar-refractivity contribution in [2.24, 2.45) is 0 Å². The van der Waals surface area contributed by atoms with Crippen molar-refractivity contribution in [1.82, 2.24) is 14.9 Å². The first-order valence-corrected chi connectivity index (χ1v) is 17.5. The largest absolute Gasteiger partial charge is 0.461 e. The summed E-state index contributed by atoms with van der Waals surface area (Å²) in [4.78, 5) is 27.7. The van der Waals surface area contributed by atoms with Gasteiger partial charge in [0.05, 0.1) is 23.2 Å². The van der Waals surface area contributed by atoms with Gasteiger partial charge in [-0.1, -0.05) is 18.2 Å². The Bertz CT molecular complexity index is 1860. The van der Waals surface area contributed by atoms with Gasteiger partial charge in [0.25, 0.3) is 0 Å². The Kier molecular flexibility index (Phi) is 8.45. The van der Waals surface area contributed by atoms with Crippen molar-refractivity contribution in [1.29, 1.82) is 5.26 Å². The van der Waals surface area contributed by atoms with Crippen LogP contribution in [0.15, 0.2) is 30.3 Å². The van der Waals surface area contributed by atoms with Crippen LogP contribution in [0.3, 0.4) is 0 Å². The van der Waals surface area contributed by atoms with Gasteiger partial charge in [0.1, 0.15) is 29.1 Å². The minimum absolute atomic E-state index is 0.0825. The summed E-state index contributed by atoms with van der Waals surface area (Å²) in [7, 11) is 0. The lowest BCUT2D eigenvalue weighted by atomic mass is 9.94. The van der Waals surface area contributed by atoms with Crippen LogP contribution in [-0.2, 0) is 9.47 Å². The number of carbonyl (C=O) groups excluding carboxylic acids is 1. The molecule has 3 fully saturated rings. The van der Waals surface area contributed by atoms with Gasteiger partial charge in [-0.25, -0.2) is 4.79 Å². The number of aromatic nitrogens is 2. The monoisotopic (exact) mass is 654 g/mol. The molecule has 0 saturated carbocycles. The molecule has 2 aromatic heterocycles. The van der Waals surface area contributed by atoms with E-state index in [1.807, 2.05) is 39.0 Å². The summed E-state index contributed by atoms with van der Waals surface area (Å²) in [5.41, 5.74) is 3.53. The number of aryl methyl sites for hydroxylation is 1. The number of nitrogens with zero attached hydrogens (tertiary/aromatic N) is 5. The summed E-state index contributed by atoms with van der Waals surface area (Å²) < 4.78 is 18.7. The van der Waals surface area contributed by atoms with Crippen LogP contribution in [0.2, 0.25) is 0 Å². The van der Waals surface area contributed by atoms with Crippen LogP contribution in [0.4, 0.5) is 15.6 Å². The molecule has 5 heterocycles. The number of amides is 1. The molecule has 0 unspecified atom stereocenters. The molecule has 3 saturated heterocycles. The van der Waals surface area contributed by atoms with Crippen molar-refractivity contribution >= 4 is 49.2 Å². The molecule has 11 heteroatoms. The third-order valence-corrected chi connectivity index (χ3v) is 10.7. The average Bonchev–Trinajstić information content (AvgIpc) is 3.64. The maximum absolute atomic E-state index is 12.7. The highest BCUT2D eigenvalue weighted by molar-refractivity contribution is 7.23. The van der Waals surface area contributed by atoms with Gasteiger partial charge in [0.15, 0.2) is 0 Å². The number of anilines is 2. The first-order valence-electron chi connectivity index (χ1n) is 16.6. The molecular formula is C36H42N6O4S. The molecule has 0 radical (unpaired) electrons. The van der Waals surface area contributed by atoms with Crippen LogP contribution < -0.4 is 15.0 Å².